The molecule has 0 spiro atoms. The number of carbonyl (C=O) groups is 1. The number of pyridine rings is 1. The number of hydrogen-bond acceptors (Lipinski definition) is 7. The van der Waals surface area contributed by atoms with Crippen molar-refractivity contribution in [1.29, 1.82) is 0 Å². The molecule has 3 atom stereocenters. The largest absolute Gasteiger partial charge is 0.416 e. The fourth-order valence-corrected chi connectivity index (χ4v) is 5.90. The van der Waals surface area contributed by atoms with E-state index < -0.39 is 29.5 Å². The highest BCUT2D eigenvalue weighted by Crippen LogP contribution is 2.34. The Bertz CT molecular complexity index is 1330. The molecule has 1 amide bonds. The van der Waals surface area contributed by atoms with Crippen molar-refractivity contribution in [3.05, 3.63) is 52.4 Å². The summed E-state index contributed by atoms with van der Waals surface area (Å²) in [7, 11) is 1.51. The van der Waals surface area contributed by atoms with E-state index in [-0.39, 0.29) is 35.2 Å². The topological polar surface area (TPSA) is 64.5 Å². The second kappa shape index (κ2) is 11.5. The molecule has 41 heavy (non-hydrogen) atoms. The third-order valence-electron chi connectivity index (χ3n) is 7.69. The molecule has 0 radical (unpaired) electrons. The first-order valence-corrected chi connectivity index (χ1v) is 13.9. The molecule has 1 aromatic heterocycles. The van der Waals surface area contributed by atoms with E-state index in [9.17, 15) is 22.4 Å². The molecule has 222 valence electrons. The molecule has 4 heterocycles. The summed E-state index contributed by atoms with van der Waals surface area (Å²) in [6.07, 6.45) is -4.04. The number of hydrazone groups is 1. The van der Waals surface area contributed by atoms with Crippen LogP contribution in [0.1, 0.15) is 31.5 Å². The number of hydrogen-bond donors (Lipinski definition) is 0. The maximum atomic E-state index is 13.7. The average molecular weight is 597 g/mol. The molecule has 0 bridgehead atoms. The van der Waals surface area contributed by atoms with Crippen molar-refractivity contribution in [2.24, 2.45) is 5.10 Å². The van der Waals surface area contributed by atoms with Gasteiger partial charge < -0.3 is 9.64 Å². The Kier molecular flexibility index (Phi) is 8.30. The summed E-state index contributed by atoms with van der Waals surface area (Å²) in [5, 5.41) is 5.76. The first-order valence-electron chi connectivity index (χ1n) is 13.5. The predicted octanol–water partition coefficient (Wildman–Crippen LogP) is 4.59. The molecule has 3 aliphatic heterocycles. The molecule has 8 nitrogen and oxygen atoms in total. The second-order valence-corrected chi connectivity index (χ2v) is 11.5. The molecule has 1 unspecified atom stereocenters. The number of rotatable bonds is 6. The molecule has 2 fully saturated rings. The summed E-state index contributed by atoms with van der Waals surface area (Å²) in [5.41, 5.74) is 0.312. The number of benzene rings is 1. The van der Waals surface area contributed by atoms with Gasteiger partial charge in [0.1, 0.15) is 17.7 Å². The summed E-state index contributed by atoms with van der Waals surface area (Å²) >= 11 is 5.93. The van der Waals surface area contributed by atoms with E-state index in [0.29, 0.717) is 24.0 Å². The lowest BCUT2D eigenvalue weighted by molar-refractivity contribution is -0.137. The van der Waals surface area contributed by atoms with E-state index in [0.717, 1.165) is 44.4 Å². The molecule has 2 aromatic rings. The summed E-state index contributed by atoms with van der Waals surface area (Å²) in [4.78, 5) is 24.0. The van der Waals surface area contributed by atoms with Gasteiger partial charge in [-0.1, -0.05) is 11.6 Å². The third-order valence-corrected chi connectivity index (χ3v) is 7.98. The Balaban J connectivity index is 1.36. The van der Waals surface area contributed by atoms with Crippen LogP contribution in [0, 0.1) is 12.7 Å². The van der Waals surface area contributed by atoms with E-state index in [2.05, 4.69) is 33.7 Å². The van der Waals surface area contributed by atoms with Crippen LogP contribution < -0.4 is 9.91 Å². The summed E-state index contributed by atoms with van der Waals surface area (Å²) in [6, 6.07) is 5.23. The zero-order valence-electron chi connectivity index (χ0n) is 23.3. The predicted molar refractivity (Wildman–Crippen MR) is 149 cm³/mol. The summed E-state index contributed by atoms with van der Waals surface area (Å²) < 4.78 is 60.5. The number of likely N-dealkylation sites (N-methyl/N-ethyl adjacent to an activating group) is 1. The molecular formula is C28H33ClF4N6O2. The Morgan fingerprint density at radius 1 is 1.12 bits per heavy atom. The van der Waals surface area contributed by atoms with Gasteiger partial charge in [0.05, 0.1) is 28.5 Å². The first-order chi connectivity index (χ1) is 19.3. The summed E-state index contributed by atoms with van der Waals surface area (Å²) in [5.74, 6) is -1.11. The van der Waals surface area contributed by atoms with Gasteiger partial charge in [0.2, 0.25) is 0 Å². The standard InChI is InChI=1S/C28H33ClF4N6O2/c1-16-7-19(28(31,32)33)8-26(34-16)39-25(27(40)36(4)21-5-6-24(30)23(29)10-21)9-20(35-39)13-37-14-22(15-37)38-11-17(2)41-18(3)12-38/h5-8,10,17-18,22,25H,9,11-15H2,1-4H3/t17-,18+,25?. The van der Waals surface area contributed by atoms with E-state index in [1.54, 1.807) is 0 Å². The van der Waals surface area contributed by atoms with E-state index >= 15 is 0 Å². The highest BCUT2D eigenvalue weighted by Gasteiger charge is 2.41. The minimum absolute atomic E-state index is 0.0611. The van der Waals surface area contributed by atoms with Gasteiger partial charge in [0.15, 0.2) is 0 Å². The maximum Gasteiger partial charge on any atom is 0.416 e. The highest BCUT2D eigenvalue weighted by molar-refractivity contribution is 6.31. The van der Waals surface area contributed by atoms with E-state index in [4.69, 9.17) is 16.3 Å². The number of aromatic nitrogens is 1. The Labute approximate surface area is 241 Å². The van der Waals surface area contributed by atoms with E-state index in [1.807, 2.05) is 0 Å². The van der Waals surface area contributed by atoms with Crippen molar-refractivity contribution in [2.75, 3.05) is 49.7 Å². The van der Waals surface area contributed by atoms with Crippen LogP contribution in [0.3, 0.4) is 0 Å². The number of likely N-dealkylation sites (tertiary alicyclic amines) is 1. The van der Waals surface area contributed by atoms with Gasteiger partial charge in [-0.05, 0) is 51.1 Å². The Morgan fingerprint density at radius 3 is 2.44 bits per heavy atom. The van der Waals surface area contributed by atoms with Gasteiger partial charge in [-0.2, -0.15) is 18.3 Å². The van der Waals surface area contributed by atoms with Gasteiger partial charge in [-0.3, -0.25) is 14.6 Å². The SMILES string of the molecule is Cc1cc(C(F)(F)F)cc(N2N=C(CN3CC(N4C[C@@H](C)O[C@@H](C)C4)C3)CC2C(=O)N(C)c2ccc(F)c(Cl)c2)n1. The number of amides is 1. The lowest BCUT2D eigenvalue weighted by atomic mass is 10.0. The van der Waals surface area contributed by atoms with Crippen molar-refractivity contribution in [3.8, 4) is 0 Å². The lowest BCUT2D eigenvalue weighted by Crippen LogP contribution is -2.63. The van der Waals surface area contributed by atoms with Crippen LogP contribution in [0.5, 0.6) is 0 Å². The lowest BCUT2D eigenvalue weighted by Gasteiger charge is -2.48. The number of halogens is 5. The van der Waals surface area contributed by atoms with Crippen molar-refractivity contribution in [1.82, 2.24) is 14.8 Å². The molecule has 3 aliphatic rings. The van der Waals surface area contributed by atoms with Gasteiger partial charge in [0.25, 0.3) is 5.91 Å². The van der Waals surface area contributed by atoms with Crippen LogP contribution >= 0.6 is 11.6 Å². The van der Waals surface area contributed by atoms with Gasteiger partial charge >= 0.3 is 6.18 Å². The smallest absolute Gasteiger partial charge is 0.373 e. The molecule has 1 aromatic carbocycles. The minimum Gasteiger partial charge on any atom is -0.373 e. The highest BCUT2D eigenvalue weighted by atomic mass is 35.5. The number of aryl methyl sites for hydroxylation is 1. The van der Waals surface area contributed by atoms with Gasteiger partial charge in [-0.25, -0.2) is 14.4 Å². The molecule has 5 rings (SSSR count). The number of ether oxygens (including phenoxy) is 1. The maximum absolute atomic E-state index is 13.7. The van der Waals surface area contributed by atoms with Crippen LogP contribution in [-0.4, -0.2) is 90.5 Å². The monoisotopic (exact) mass is 596 g/mol. The quantitative estimate of drug-likeness (QED) is 0.455. The van der Waals surface area contributed by atoms with Gasteiger partial charge in [-0.15, -0.1) is 0 Å². The fourth-order valence-electron chi connectivity index (χ4n) is 5.72. The van der Waals surface area contributed by atoms with Crippen molar-refractivity contribution < 1.29 is 27.1 Å². The van der Waals surface area contributed by atoms with E-state index in [1.165, 1.54) is 36.0 Å². The summed E-state index contributed by atoms with van der Waals surface area (Å²) in [6.45, 7) is 9.48. The number of carbonyl (C=O) groups excluding carboxylic acids is 1. The Morgan fingerprint density at radius 2 is 1.80 bits per heavy atom. The zero-order valence-corrected chi connectivity index (χ0v) is 24.1. The first kappa shape index (κ1) is 29.7. The van der Waals surface area contributed by atoms with Crippen LogP contribution in [0.25, 0.3) is 0 Å². The fraction of sp³-hybridized carbons (Fsp3) is 0.536. The van der Waals surface area contributed by atoms with Crippen LogP contribution in [0.4, 0.5) is 29.1 Å². The normalized spacial score (nSPS) is 24.4. The molecule has 0 N–H and O–H groups in total. The molecule has 0 saturated carbocycles. The number of morpholine rings is 1. The van der Waals surface area contributed by atoms with Crippen molar-refractivity contribution >= 4 is 34.7 Å². The van der Waals surface area contributed by atoms with Crippen molar-refractivity contribution in [2.45, 2.75) is 57.7 Å². The number of nitrogens with zero attached hydrogens (tertiary/aromatic N) is 6. The average Bonchev–Trinajstić information content (AvgIpc) is 3.29. The second-order valence-electron chi connectivity index (χ2n) is 11.1. The molecular weight excluding hydrogens is 564 g/mol. The number of alkyl halides is 3. The van der Waals surface area contributed by atoms with Crippen molar-refractivity contribution in [3.63, 3.8) is 0 Å². The number of anilines is 2. The zero-order chi connectivity index (χ0) is 29.6. The molecule has 13 heteroatoms. The van der Waals surface area contributed by atoms with Crippen LogP contribution in [0.2, 0.25) is 5.02 Å². The third kappa shape index (κ3) is 6.50. The van der Waals surface area contributed by atoms with Crippen LogP contribution in [-0.2, 0) is 15.7 Å². The van der Waals surface area contributed by atoms with Gasteiger partial charge in [0, 0.05) is 63.6 Å². The molecule has 2 saturated heterocycles. The molecule has 0 aliphatic carbocycles. The Hall–Kier alpha value is -2.80. The van der Waals surface area contributed by atoms with Crippen LogP contribution in [0.15, 0.2) is 35.4 Å². The minimum atomic E-state index is -4.59.